The Morgan fingerprint density at radius 1 is 0.850 bits per heavy atom. The predicted molar refractivity (Wildman–Crippen MR) is 95.4 cm³/mol. The van der Waals surface area contributed by atoms with Gasteiger partial charge in [-0.05, 0) is 57.0 Å². The van der Waals surface area contributed by atoms with Gasteiger partial charge in [-0.3, -0.25) is 0 Å². The maximum Gasteiger partial charge on any atom is 0.0636 e. The third-order valence-electron chi connectivity index (χ3n) is 3.52. The molecule has 1 atom stereocenters. The summed E-state index contributed by atoms with van der Waals surface area (Å²) in [5, 5.41) is 2.58. The van der Waals surface area contributed by atoms with Gasteiger partial charge >= 0.3 is 0 Å². The van der Waals surface area contributed by atoms with Crippen molar-refractivity contribution in [2.75, 3.05) is 0 Å². The van der Waals surface area contributed by atoms with Gasteiger partial charge in [-0.15, -0.1) is 11.6 Å². The lowest BCUT2D eigenvalue weighted by Crippen LogP contribution is -1.99. The second kappa shape index (κ2) is 6.15. The van der Waals surface area contributed by atoms with Crippen molar-refractivity contribution in [2.45, 2.75) is 11.8 Å². The normalized spacial score (nSPS) is 12.5. The van der Waals surface area contributed by atoms with Crippen LogP contribution in [0.5, 0.6) is 0 Å². The van der Waals surface area contributed by atoms with E-state index in [1.165, 1.54) is 25.5 Å². The maximum atomic E-state index is 6.64. The molecule has 3 aromatic carbocycles. The molecule has 0 radical (unpaired) electrons. The number of benzene rings is 3. The summed E-state index contributed by atoms with van der Waals surface area (Å²) in [7, 11) is 0. The zero-order valence-electron chi connectivity index (χ0n) is 10.9. The summed E-state index contributed by atoms with van der Waals surface area (Å²) in [5.74, 6) is 0. The highest BCUT2D eigenvalue weighted by molar-refractivity contribution is 14.1. The van der Waals surface area contributed by atoms with E-state index >= 15 is 0 Å². The van der Waals surface area contributed by atoms with Crippen LogP contribution in [-0.2, 0) is 6.42 Å². The van der Waals surface area contributed by atoms with Crippen molar-refractivity contribution >= 4 is 45.0 Å². The Balaban J connectivity index is 1.96. The van der Waals surface area contributed by atoms with E-state index in [0.29, 0.717) is 0 Å². The number of hydrogen-bond acceptors (Lipinski definition) is 0. The topological polar surface area (TPSA) is 0 Å². The number of alkyl halides is 1. The molecule has 0 saturated heterocycles. The number of hydrogen-bond donors (Lipinski definition) is 0. The van der Waals surface area contributed by atoms with Gasteiger partial charge in [0.25, 0.3) is 0 Å². The lowest BCUT2D eigenvalue weighted by molar-refractivity contribution is 0.921. The van der Waals surface area contributed by atoms with Crippen molar-refractivity contribution in [3.05, 3.63) is 81.4 Å². The maximum absolute atomic E-state index is 6.64. The van der Waals surface area contributed by atoms with E-state index in [4.69, 9.17) is 11.6 Å². The molecule has 0 aliphatic rings. The minimum Gasteiger partial charge on any atom is -0.117 e. The molecule has 3 aromatic rings. The summed E-state index contributed by atoms with van der Waals surface area (Å²) in [6.45, 7) is 0. The first-order valence-electron chi connectivity index (χ1n) is 6.61. The molecule has 0 aliphatic carbocycles. The van der Waals surface area contributed by atoms with Gasteiger partial charge < -0.3 is 0 Å². The molecule has 0 saturated carbocycles. The lowest BCUT2D eigenvalue weighted by Gasteiger charge is -2.13. The minimum absolute atomic E-state index is 0.00825. The van der Waals surface area contributed by atoms with Gasteiger partial charge in [0.05, 0.1) is 5.38 Å². The van der Waals surface area contributed by atoms with E-state index in [-0.39, 0.29) is 5.38 Å². The lowest BCUT2D eigenvalue weighted by atomic mass is 9.98. The van der Waals surface area contributed by atoms with Gasteiger partial charge in [0.15, 0.2) is 0 Å². The van der Waals surface area contributed by atoms with Gasteiger partial charge in [0, 0.05) is 3.57 Å². The molecule has 0 nitrogen and oxygen atoms in total. The first kappa shape index (κ1) is 13.9. The van der Waals surface area contributed by atoms with Gasteiger partial charge in [0.1, 0.15) is 0 Å². The molecule has 0 bridgehead atoms. The number of rotatable bonds is 3. The van der Waals surface area contributed by atoms with Gasteiger partial charge in [0.2, 0.25) is 0 Å². The van der Waals surface area contributed by atoms with Crippen LogP contribution in [0.4, 0.5) is 0 Å². The molecule has 100 valence electrons. The van der Waals surface area contributed by atoms with Crippen molar-refractivity contribution in [3.8, 4) is 0 Å². The summed E-state index contributed by atoms with van der Waals surface area (Å²) >= 11 is 8.99. The van der Waals surface area contributed by atoms with Crippen LogP contribution in [-0.4, -0.2) is 0 Å². The zero-order chi connectivity index (χ0) is 13.9. The summed E-state index contributed by atoms with van der Waals surface area (Å²) in [5.41, 5.74) is 2.52. The summed E-state index contributed by atoms with van der Waals surface area (Å²) in [6.07, 6.45) is 0.850. The molecule has 1 unspecified atom stereocenters. The fourth-order valence-corrected chi connectivity index (χ4v) is 3.81. The zero-order valence-corrected chi connectivity index (χ0v) is 13.8. The van der Waals surface area contributed by atoms with Crippen molar-refractivity contribution in [1.29, 1.82) is 0 Å². The first-order chi connectivity index (χ1) is 9.75. The monoisotopic (exact) mass is 392 g/mol. The van der Waals surface area contributed by atoms with Crippen LogP contribution < -0.4 is 0 Å². The van der Waals surface area contributed by atoms with Gasteiger partial charge in [-0.2, -0.15) is 0 Å². The molecule has 0 aromatic heterocycles. The van der Waals surface area contributed by atoms with E-state index < -0.39 is 0 Å². The van der Waals surface area contributed by atoms with E-state index in [1.54, 1.807) is 0 Å². The Hall–Kier alpha value is -1.06. The van der Waals surface area contributed by atoms with Crippen LogP contribution >= 0.6 is 34.2 Å². The predicted octanol–water partition coefficient (Wildman–Crippen LogP) is 5.97. The molecule has 0 amide bonds. The average molecular weight is 393 g/mol. The summed E-state index contributed by atoms with van der Waals surface area (Å²) in [4.78, 5) is 0. The van der Waals surface area contributed by atoms with E-state index in [0.717, 1.165) is 6.42 Å². The van der Waals surface area contributed by atoms with Crippen LogP contribution in [0, 0.1) is 3.57 Å². The SMILES string of the molecule is ClC(Cc1cccc2ccccc12)c1ccccc1I. The Bertz CT molecular complexity index is 731. The molecule has 20 heavy (non-hydrogen) atoms. The smallest absolute Gasteiger partial charge is 0.0636 e. The Morgan fingerprint density at radius 2 is 1.55 bits per heavy atom. The van der Waals surface area contributed by atoms with Crippen LogP contribution in [0.25, 0.3) is 10.8 Å². The molecule has 0 spiro atoms. The van der Waals surface area contributed by atoms with Crippen molar-refractivity contribution < 1.29 is 0 Å². The third-order valence-corrected chi connectivity index (χ3v) is 4.89. The van der Waals surface area contributed by atoms with Crippen molar-refractivity contribution in [2.24, 2.45) is 0 Å². The van der Waals surface area contributed by atoms with Gasteiger partial charge in [-0.25, -0.2) is 0 Å². The highest BCUT2D eigenvalue weighted by Gasteiger charge is 2.13. The van der Waals surface area contributed by atoms with E-state index in [1.807, 2.05) is 6.07 Å². The molecule has 0 aliphatic heterocycles. The quantitative estimate of drug-likeness (QED) is 0.381. The first-order valence-corrected chi connectivity index (χ1v) is 8.12. The standard InChI is InChI=1S/C18H14ClI/c19-17(16-10-3-4-11-18(16)20)12-14-8-5-7-13-6-1-2-9-15(13)14/h1-11,17H,12H2. The highest BCUT2D eigenvalue weighted by Crippen LogP contribution is 2.31. The number of fused-ring (bicyclic) bond motifs is 1. The minimum atomic E-state index is 0.00825. The summed E-state index contributed by atoms with van der Waals surface area (Å²) < 4.78 is 1.23. The molecule has 0 N–H and O–H groups in total. The summed E-state index contributed by atoms with van der Waals surface area (Å²) in [6, 6.07) is 23.2. The van der Waals surface area contributed by atoms with Crippen LogP contribution in [0.2, 0.25) is 0 Å². The molecular formula is C18H14ClI. The van der Waals surface area contributed by atoms with Crippen LogP contribution in [0.3, 0.4) is 0 Å². The van der Waals surface area contributed by atoms with Gasteiger partial charge in [-0.1, -0.05) is 60.7 Å². The van der Waals surface area contributed by atoms with E-state index in [9.17, 15) is 0 Å². The van der Waals surface area contributed by atoms with Crippen molar-refractivity contribution in [3.63, 3.8) is 0 Å². The van der Waals surface area contributed by atoms with Crippen LogP contribution in [0.1, 0.15) is 16.5 Å². The molecule has 3 rings (SSSR count). The number of halogens is 2. The fraction of sp³-hybridized carbons (Fsp3) is 0.111. The second-order valence-electron chi connectivity index (χ2n) is 4.83. The Morgan fingerprint density at radius 3 is 2.40 bits per heavy atom. The van der Waals surface area contributed by atoms with E-state index in [2.05, 4.69) is 83.3 Å². The molecule has 2 heteroatoms. The third kappa shape index (κ3) is 2.84. The Kier molecular flexibility index (Phi) is 4.27. The molecular weight excluding hydrogens is 379 g/mol. The Labute approximate surface area is 137 Å². The van der Waals surface area contributed by atoms with Crippen molar-refractivity contribution in [1.82, 2.24) is 0 Å². The molecule has 0 fully saturated rings. The largest absolute Gasteiger partial charge is 0.117 e. The van der Waals surface area contributed by atoms with Crippen LogP contribution in [0.15, 0.2) is 66.7 Å². The fourth-order valence-electron chi connectivity index (χ4n) is 2.50. The molecule has 0 heterocycles. The second-order valence-corrected chi connectivity index (χ2v) is 6.52. The average Bonchev–Trinajstić information content (AvgIpc) is 2.48. The highest BCUT2D eigenvalue weighted by atomic mass is 127.